The summed E-state index contributed by atoms with van der Waals surface area (Å²) in [5.41, 5.74) is -3.53. The average Bonchev–Trinajstić information content (AvgIpc) is 2.64. The van der Waals surface area contributed by atoms with Crippen LogP contribution in [0.3, 0.4) is 0 Å². The molecule has 3 unspecified atom stereocenters. The van der Waals surface area contributed by atoms with Gasteiger partial charge in [-0.3, -0.25) is 14.6 Å². The van der Waals surface area contributed by atoms with Crippen molar-refractivity contribution in [2.24, 2.45) is 17.8 Å². The lowest BCUT2D eigenvalue weighted by molar-refractivity contribution is -0.266. The molecular formula is C21H35F3N2O4. The van der Waals surface area contributed by atoms with Crippen molar-refractivity contribution in [2.45, 2.75) is 83.7 Å². The van der Waals surface area contributed by atoms with E-state index in [-0.39, 0.29) is 30.3 Å². The maximum absolute atomic E-state index is 13.7. The van der Waals surface area contributed by atoms with Crippen molar-refractivity contribution >= 4 is 11.9 Å². The number of carboxylic acid groups (broad SMARTS) is 1. The van der Waals surface area contributed by atoms with Crippen molar-refractivity contribution in [3.05, 3.63) is 0 Å². The number of piperidine rings is 2. The highest BCUT2D eigenvalue weighted by Gasteiger charge is 2.63. The molecule has 0 spiro atoms. The van der Waals surface area contributed by atoms with E-state index in [2.05, 4.69) is 25.7 Å². The summed E-state index contributed by atoms with van der Waals surface area (Å²) in [6, 6.07) is -1.49. The third-order valence-electron chi connectivity index (χ3n) is 6.99. The summed E-state index contributed by atoms with van der Waals surface area (Å²) >= 11 is 0. The minimum absolute atomic E-state index is 0.00191. The summed E-state index contributed by atoms with van der Waals surface area (Å²) in [5.74, 6) is -2.69. The summed E-state index contributed by atoms with van der Waals surface area (Å²) in [4.78, 5) is 27.7. The molecule has 2 heterocycles. The zero-order valence-electron chi connectivity index (χ0n) is 18.5. The molecule has 9 heteroatoms. The molecule has 0 bridgehead atoms. The van der Waals surface area contributed by atoms with Gasteiger partial charge in [0.2, 0.25) is 5.60 Å². The number of likely N-dealkylation sites (tertiary alicyclic amines) is 2. The Morgan fingerprint density at radius 2 is 1.47 bits per heavy atom. The van der Waals surface area contributed by atoms with Gasteiger partial charge in [0.25, 0.3) is 0 Å². The molecule has 0 aromatic carbocycles. The van der Waals surface area contributed by atoms with Crippen molar-refractivity contribution in [1.29, 1.82) is 0 Å². The van der Waals surface area contributed by atoms with E-state index in [1.165, 1.54) is 0 Å². The lowest BCUT2D eigenvalue weighted by Gasteiger charge is -2.46. The van der Waals surface area contributed by atoms with Gasteiger partial charge in [0.05, 0.1) is 6.04 Å². The van der Waals surface area contributed by atoms with Crippen LogP contribution in [0.4, 0.5) is 18.0 Å². The van der Waals surface area contributed by atoms with Crippen molar-refractivity contribution < 1.29 is 33.0 Å². The summed E-state index contributed by atoms with van der Waals surface area (Å²) in [6.45, 7) is 10.4. The number of carbonyl (C=O) groups is 2. The molecule has 2 saturated heterocycles. The summed E-state index contributed by atoms with van der Waals surface area (Å²) in [5, 5.41) is 19.9. The van der Waals surface area contributed by atoms with Crippen LogP contribution in [-0.4, -0.2) is 74.9 Å². The van der Waals surface area contributed by atoms with Gasteiger partial charge in [-0.2, -0.15) is 13.2 Å². The first kappa shape index (κ1) is 24.9. The van der Waals surface area contributed by atoms with Gasteiger partial charge in [-0.25, -0.2) is 4.79 Å². The highest BCUT2D eigenvalue weighted by molar-refractivity contribution is 5.95. The molecule has 2 rings (SSSR count). The van der Waals surface area contributed by atoms with E-state index in [0.29, 0.717) is 6.42 Å². The lowest BCUT2D eigenvalue weighted by atomic mass is 9.72. The summed E-state index contributed by atoms with van der Waals surface area (Å²) in [6.07, 6.45) is -4.33. The smallest absolute Gasteiger partial charge is 0.424 e. The second-order valence-electron chi connectivity index (χ2n) is 10.1. The van der Waals surface area contributed by atoms with Gasteiger partial charge in [0.1, 0.15) is 0 Å². The molecule has 0 aromatic heterocycles. The molecule has 0 radical (unpaired) electrons. The number of ketones is 1. The molecule has 30 heavy (non-hydrogen) atoms. The van der Waals surface area contributed by atoms with Gasteiger partial charge in [0, 0.05) is 12.1 Å². The monoisotopic (exact) mass is 436 g/mol. The zero-order chi connectivity index (χ0) is 23.1. The normalized spacial score (nSPS) is 27.2. The Bertz CT molecular complexity index is 639. The molecule has 0 saturated carbocycles. The minimum Gasteiger partial charge on any atom is -0.465 e. The Morgan fingerprint density at radius 3 is 1.87 bits per heavy atom. The van der Waals surface area contributed by atoms with Gasteiger partial charge in [-0.05, 0) is 77.3 Å². The SMILES string of the molecule is CC(C)C(O)(C(=O)C1CC(C2CCN(C(C)(C)C)CC2)CCN1C(=O)O)C(F)(F)F. The van der Waals surface area contributed by atoms with E-state index in [0.717, 1.165) is 44.7 Å². The van der Waals surface area contributed by atoms with Crippen LogP contribution in [0.25, 0.3) is 0 Å². The number of halogens is 3. The summed E-state index contributed by atoms with van der Waals surface area (Å²) in [7, 11) is 0. The second kappa shape index (κ2) is 8.65. The molecule has 2 aliphatic heterocycles. The molecule has 174 valence electrons. The van der Waals surface area contributed by atoms with Gasteiger partial charge >= 0.3 is 12.3 Å². The van der Waals surface area contributed by atoms with Crippen molar-refractivity contribution in [3.63, 3.8) is 0 Å². The Morgan fingerprint density at radius 1 is 0.967 bits per heavy atom. The number of carbonyl (C=O) groups excluding carboxylic acids is 1. The minimum atomic E-state index is -5.17. The van der Waals surface area contributed by atoms with E-state index in [1.807, 2.05) is 0 Å². The first-order valence-electron chi connectivity index (χ1n) is 10.7. The van der Waals surface area contributed by atoms with E-state index >= 15 is 0 Å². The Kier molecular flexibility index (Phi) is 7.18. The first-order valence-corrected chi connectivity index (χ1v) is 10.7. The number of amides is 1. The van der Waals surface area contributed by atoms with Crippen LogP contribution in [-0.2, 0) is 4.79 Å². The van der Waals surface area contributed by atoms with Crippen molar-refractivity contribution in [3.8, 4) is 0 Å². The molecule has 6 nitrogen and oxygen atoms in total. The van der Waals surface area contributed by atoms with Gasteiger partial charge in [0.15, 0.2) is 5.78 Å². The lowest BCUT2D eigenvalue weighted by Crippen LogP contribution is -2.64. The van der Waals surface area contributed by atoms with Gasteiger partial charge in [-0.1, -0.05) is 13.8 Å². The topological polar surface area (TPSA) is 81.1 Å². The fraction of sp³-hybridized carbons (Fsp3) is 0.905. The third kappa shape index (κ3) is 4.77. The Balaban J connectivity index is 2.22. The predicted octanol–water partition coefficient (Wildman–Crippen LogP) is 3.77. The molecular weight excluding hydrogens is 401 g/mol. The third-order valence-corrected chi connectivity index (χ3v) is 6.99. The Labute approximate surface area is 176 Å². The number of Topliss-reactive ketones (excluding diaryl/α,β-unsaturated/α-hetero) is 1. The standard InChI is InChI=1S/C21H35F3N2O4/c1-13(2)20(30,21(22,23)24)17(27)16-12-15(8-11-26(16)18(28)29)14-6-9-25(10-7-14)19(3,4)5/h13-16,30H,6-12H2,1-5H3,(H,28,29). The molecule has 2 fully saturated rings. The molecule has 2 N–H and O–H groups in total. The molecule has 0 aliphatic carbocycles. The first-order chi connectivity index (χ1) is 13.6. The van der Waals surface area contributed by atoms with E-state index in [4.69, 9.17) is 0 Å². The molecule has 3 atom stereocenters. The van der Waals surface area contributed by atoms with Crippen LogP contribution >= 0.6 is 0 Å². The van der Waals surface area contributed by atoms with Crippen molar-refractivity contribution in [2.75, 3.05) is 19.6 Å². The van der Waals surface area contributed by atoms with E-state index in [1.54, 1.807) is 0 Å². The quantitative estimate of drug-likeness (QED) is 0.701. The zero-order valence-corrected chi connectivity index (χ0v) is 18.5. The molecule has 0 aromatic rings. The number of nitrogens with zero attached hydrogens (tertiary/aromatic N) is 2. The van der Waals surface area contributed by atoms with E-state index < -0.39 is 35.6 Å². The van der Waals surface area contributed by atoms with Crippen LogP contribution in [0.2, 0.25) is 0 Å². The maximum atomic E-state index is 13.7. The number of hydrogen-bond donors (Lipinski definition) is 2. The number of rotatable bonds is 4. The molecule has 1 amide bonds. The number of hydrogen-bond acceptors (Lipinski definition) is 4. The van der Waals surface area contributed by atoms with Crippen LogP contribution in [0.1, 0.15) is 60.3 Å². The summed E-state index contributed by atoms with van der Waals surface area (Å²) < 4.78 is 41.0. The largest absolute Gasteiger partial charge is 0.465 e. The highest BCUT2D eigenvalue weighted by atomic mass is 19.4. The highest BCUT2D eigenvalue weighted by Crippen LogP contribution is 2.42. The van der Waals surface area contributed by atoms with Gasteiger partial charge in [-0.15, -0.1) is 0 Å². The fourth-order valence-corrected chi connectivity index (χ4v) is 4.95. The predicted molar refractivity (Wildman–Crippen MR) is 106 cm³/mol. The van der Waals surface area contributed by atoms with Crippen LogP contribution < -0.4 is 0 Å². The average molecular weight is 437 g/mol. The van der Waals surface area contributed by atoms with E-state index in [9.17, 15) is 33.0 Å². The van der Waals surface area contributed by atoms with Crippen LogP contribution in [0, 0.1) is 17.8 Å². The second-order valence-corrected chi connectivity index (χ2v) is 10.1. The maximum Gasteiger partial charge on any atom is 0.424 e. The van der Waals surface area contributed by atoms with Crippen LogP contribution in [0.15, 0.2) is 0 Å². The number of aliphatic hydroxyl groups is 1. The number of alkyl halides is 3. The van der Waals surface area contributed by atoms with Crippen LogP contribution in [0.5, 0.6) is 0 Å². The van der Waals surface area contributed by atoms with Crippen molar-refractivity contribution in [1.82, 2.24) is 9.80 Å². The fourth-order valence-electron chi connectivity index (χ4n) is 4.95. The molecule has 2 aliphatic rings. The van der Waals surface area contributed by atoms with Gasteiger partial charge < -0.3 is 10.2 Å². The Hall–Kier alpha value is -1.35.